The van der Waals surface area contributed by atoms with Crippen LogP contribution in [0.5, 0.6) is 0 Å². The zero-order valence-electron chi connectivity index (χ0n) is 13.8. The first-order valence-corrected chi connectivity index (χ1v) is 8.39. The zero-order valence-corrected chi connectivity index (χ0v) is 14.5. The molecule has 0 bridgehead atoms. The van der Waals surface area contributed by atoms with Crippen molar-refractivity contribution in [3.05, 3.63) is 71.0 Å². The average Bonchev–Trinajstić information content (AvgIpc) is 3.15. The van der Waals surface area contributed by atoms with Gasteiger partial charge in [-0.15, -0.1) is 5.10 Å². The molecule has 1 heterocycles. The number of benzene rings is 2. The van der Waals surface area contributed by atoms with Gasteiger partial charge < -0.3 is 5.32 Å². The topological polar surface area (TPSA) is 72.7 Å². The number of nitrogens with one attached hydrogen (secondary N) is 1. The summed E-state index contributed by atoms with van der Waals surface area (Å²) in [6, 6.07) is 15.3. The number of amides is 1. The van der Waals surface area contributed by atoms with Gasteiger partial charge in [0.25, 0.3) is 5.91 Å². The van der Waals surface area contributed by atoms with E-state index in [4.69, 9.17) is 11.6 Å². The summed E-state index contributed by atoms with van der Waals surface area (Å²) in [5.41, 5.74) is 2.28. The van der Waals surface area contributed by atoms with Crippen LogP contribution in [0.3, 0.4) is 0 Å². The van der Waals surface area contributed by atoms with Crippen LogP contribution in [-0.2, 0) is 6.42 Å². The van der Waals surface area contributed by atoms with Crippen molar-refractivity contribution < 1.29 is 4.79 Å². The van der Waals surface area contributed by atoms with E-state index in [1.54, 1.807) is 18.2 Å². The van der Waals surface area contributed by atoms with Gasteiger partial charge in [-0.1, -0.05) is 41.9 Å². The number of aryl methyl sites for hydroxylation is 1. The summed E-state index contributed by atoms with van der Waals surface area (Å²) < 4.78 is 1.43. The monoisotopic (exact) mass is 355 g/mol. The maximum Gasteiger partial charge on any atom is 0.253 e. The van der Waals surface area contributed by atoms with Gasteiger partial charge in [0.2, 0.25) is 0 Å². The molecule has 3 aromatic rings. The van der Waals surface area contributed by atoms with E-state index in [2.05, 4.69) is 33.0 Å². The van der Waals surface area contributed by atoms with Gasteiger partial charge in [-0.3, -0.25) is 4.79 Å². The van der Waals surface area contributed by atoms with Gasteiger partial charge in [0.05, 0.1) is 11.3 Å². The van der Waals surface area contributed by atoms with Gasteiger partial charge in [-0.05, 0) is 54.0 Å². The van der Waals surface area contributed by atoms with Crippen molar-refractivity contribution in [1.29, 1.82) is 0 Å². The molecule has 25 heavy (non-hydrogen) atoms. The van der Waals surface area contributed by atoms with Gasteiger partial charge in [0, 0.05) is 11.1 Å². The van der Waals surface area contributed by atoms with E-state index < -0.39 is 0 Å². The van der Waals surface area contributed by atoms with Gasteiger partial charge >= 0.3 is 0 Å². The first-order valence-electron chi connectivity index (χ1n) is 8.01. The number of hydrogen-bond acceptors (Lipinski definition) is 4. The Bertz CT molecular complexity index is 836. The fourth-order valence-corrected chi connectivity index (χ4v) is 2.73. The van der Waals surface area contributed by atoms with Crippen molar-refractivity contribution >= 4 is 17.5 Å². The maximum atomic E-state index is 12.7. The number of nitrogens with zero attached hydrogens (tertiary/aromatic N) is 4. The normalized spacial score (nSPS) is 11.9. The fraction of sp³-hybridized carbons (Fsp3) is 0.222. The smallest absolute Gasteiger partial charge is 0.253 e. The molecule has 128 valence electrons. The summed E-state index contributed by atoms with van der Waals surface area (Å²) in [4.78, 5) is 12.7. The Balaban J connectivity index is 1.69. The molecule has 0 fully saturated rings. The first kappa shape index (κ1) is 17.1. The lowest BCUT2D eigenvalue weighted by Crippen LogP contribution is -2.33. The molecule has 7 heteroatoms. The fourth-order valence-electron chi connectivity index (χ4n) is 2.56. The Hall–Kier alpha value is -2.73. The van der Waals surface area contributed by atoms with E-state index in [1.807, 2.05) is 25.1 Å². The third-order valence-electron chi connectivity index (χ3n) is 3.89. The summed E-state index contributed by atoms with van der Waals surface area (Å²) in [6.45, 7) is 1.99. The standard InChI is InChI=1S/C18H18ClN5O/c1-13(7-8-14-5-3-2-4-6-14)21-18(25)16-10-9-15(19)11-17(16)24-12-20-22-23-24/h2-6,9-13H,7-8H2,1H3,(H,21,25). The van der Waals surface area contributed by atoms with Crippen molar-refractivity contribution in [2.24, 2.45) is 0 Å². The van der Waals surface area contributed by atoms with Crippen LogP contribution in [0.2, 0.25) is 5.02 Å². The van der Waals surface area contributed by atoms with Crippen molar-refractivity contribution in [3.63, 3.8) is 0 Å². The molecule has 0 radical (unpaired) electrons. The summed E-state index contributed by atoms with van der Waals surface area (Å²) >= 11 is 6.05. The molecule has 3 rings (SSSR count). The molecule has 1 unspecified atom stereocenters. The van der Waals surface area contributed by atoms with Crippen molar-refractivity contribution in [3.8, 4) is 5.69 Å². The molecule has 6 nitrogen and oxygen atoms in total. The SMILES string of the molecule is CC(CCc1ccccc1)NC(=O)c1ccc(Cl)cc1-n1cnnn1. The summed E-state index contributed by atoms with van der Waals surface area (Å²) in [5, 5.41) is 14.6. The second-order valence-electron chi connectivity index (χ2n) is 5.81. The Morgan fingerprint density at radius 3 is 2.76 bits per heavy atom. The number of carbonyl (C=O) groups excluding carboxylic acids is 1. The van der Waals surface area contributed by atoms with Crippen LogP contribution in [-0.4, -0.2) is 32.2 Å². The maximum absolute atomic E-state index is 12.7. The van der Waals surface area contributed by atoms with Crippen molar-refractivity contribution in [2.45, 2.75) is 25.8 Å². The van der Waals surface area contributed by atoms with E-state index in [0.717, 1.165) is 12.8 Å². The minimum absolute atomic E-state index is 0.0325. The number of hydrogen-bond donors (Lipinski definition) is 1. The molecule has 1 aromatic heterocycles. The minimum Gasteiger partial charge on any atom is -0.350 e. The molecule has 0 saturated heterocycles. The third kappa shape index (κ3) is 4.42. The third-order valence-corrected chi connectivity index (χ3v) is 4.12. The molecule has 1 N–H and O–H groups in total. The van der Waals surface area contributed by atoms with Gasteiger partial charge in [0.15, 0.2) is 0 Å². The predicted molar refractivity (Wildman–Crippen MR) is 95.9 cm³/mol. The number of halogens is 1. The van der Waals surface area contributed by atoms with E-state index in [-0.39, 0.29) is 11.9 Å². The Morgan fingerprint density at radius 1 is 1.24 bits per heavy atom. The van der Waals surface area contributed by atoms with Crippen LogP contribution in [0.25, 0.3) is 5.69 Å². The lowest BCUT2D eigenvalue weighted by Gasteiger charge is -2.15. The number of aromatic nitrogens is 4. The van der Waals surface area contributed by atoms with E-state index in [0.29, 0.717) is 16.3 Å². The molecule has 0 aliphatic carbocycles. The minimum atomic E-state index is -0.178. The highest BCUT2D eigenvalue weighted by molar-refractivity contribution is 6.31. The van der Waals surface area contributed by atoms with Crippen LogP contribution in [0, 0.1) is 0 Å². The van der Waals surface area contributed by atoms with Crippen molar-refractivity contribution in [1.82, 2.24) is 25.5 Å². The Morgan fingerprint density at radius 2 is 2.04 bits per heavy atom. The number of tetrazole rings is 1. The Labute approximate surface area is 150 Å². The molecule has 0 aliphatic rings. The second kappa shape index (κ2) is 7.90. The van der Waals surface area contributed by atoms with Gasteiger partial charge in [-0.25, -0.2) is 0 Å². The highest BCUT2D eigenvalue weighted by atomic mass is 35.5. The second-order valence-corrected chi connectivity index (χ2v) is 6.25. The summed E-state index contributed by atoms with van der Waals surface area (Å²) in [5.74, 6) is -0.178. The molecular weight excluding hydrogens is 338 g/mol. The van der Waals surface area contributed by atoms with Crippen LogP contribution in [0.4, 0.5) is 0 Å². The van der Waals surface area contributed by atoms with E-state index in [9.17, 15) is 4.79 Å². The molecule has 0 saturated carbocycles. The average molecular weight is 356 g/mol. The lowest BCUT2D eigenvalue weighted by atomic mass is 10.1. The van der Waals surface area contributed by atoms with Crippen molar-refractivity contribution in [2.75, 3.05) is 0 Å². The molecule has 0 spiro atoms. The first-order chi connectivity index (χ1) is 12.1. The summed E-state index contributed by atoms with van der Waals surface area (Å²) in [7, 11) is 0. The van der Waals surface area contributed by atoms with Crippen LogP contribution in [0.1, 0.15) is 29.3 Å². The van der Waals surface area contributed by atoms with E-state index in [1.165, 1.54) is 16.6 Å². The number of rotatable bonds is 6. The van der Waals surface area contributed by atoms with Crippen LogP contribution >= 0.6 is 11.6 Å². The molecule has 0 aliphatic heterocycles. The van der Waals surface area contributed by atoms with Crippen LogP contribution in [0.15, 0.2) is 54.9 Å². The highest BCUT2D eigenvalue weighted by Gasteiger charge is 2.16. The number of carbonyl (C=O) groups is 1. The zero-order chi connectivity index (χ0) is 17.6. The largest absolute Gasteiger partial charge is 0.350 e. The molecule has 2 aromatic carbocycles. The molecular formula is C18H18ClN5O. The molecule has 1 amide bonds. The molecule has 1 atom stereocenters. The lowest BCUT2D eigenvalue weighted by molar-refractivity contribution is 0.0938. The highest BCUT2D eigenvalue weighted by Crippen LogP contribution is 2.19. The van der Waals surface area contributed by atoms with Gasteiger partial charge in [0.1, 0.15) is 6.33 Å². The Kier molecular flexibility index (Phi) is 5.40. The van der Waals surface area contributed by atoms with E-state index >= 15 is 0 Å². The van der Waals surface area contributed by atoms with Crippen LogP contribution < -0.4 is 5.32 Å². The quantitative estimate of drug-likeness (QED) is 0.737. The summed E-state index contributed by atoms with van der Waals surface area (Å²) in [6.07, 6.45) is 3.19. The predicted octanol–water partition coefficient (Wildman–Crippen LogP) is 3.07. The van der Waals surface area contributed by atoms with Gasteiger partial charge in [-0.2, -0.15) is 4.68 Å².